The molecule has 1 fully saturated rings. The summed E-state index contributed by atoms with van der Waals surface area (Å²) in [6.07, 6.45) is 7.31. The molecule has 0 aliphatic heterocycles. The van der Waals surface area contributed by atoms with Crippen molar-refractivity contribution in [3.8, 4) is 0 Å². The minimum atomic E-state index is 0.679. The van der Waals surface area contributed by atoms with E-state index in [0.717, 1.165) is 0 Å². The van der Waals surface area contributed by atoms with E-state index < -0.39 is 0 Å². The molecular weight excluding hydrogens is 85.9 g/mol. The average Bonchev–Trinajstić information content (AvgIpc) is 1.65. The third-order valence-corrected chi connectivity index (χ3v) is 2.21. The molecule has 0 atom stereocenters. The van der Waals surface area contributed by atoms with Crippen LogP contribution in [0.4, 0.5) is 0 Å². The van der Waals surface area contributed by atoms with E-state index >= 15 is 0 Å². The Morgan fingerprint density at radius 2 is 1.38 bits per heavy atom. The topological polar surface area (TPSA) is 0 Å². The van der Waals surface area contributed by atoms with E-state index in [2.05, 4.69) is 35.4 Å². The molecule has 0 saturated heterocycles. The van der Waals surface area contributed by atoms with Gasteiger partial charge in [0.15, 0.2) is 0 Å². The van der Waals surface area contributed by atoms with Gasteiger partial charge in [0, 0.05) is 0 Å². The van der Waals surface area contributed by atoms with Crippen molar-refractivity contribution in [1.29, 1.82) is 0 Å². The van der Waals surface area contributed by atoms with Gasteiger partial charge in [-0.3, -0.25) is 0 Å². The third-order valence-electron chi connectivity index (χ3n) is 2.21. The van der Waals surface area contributed by atoms with Crippen LogP contribution in [0.25, 0.3) is 0 Å². The predicted octanol–water partition coefficient (Wildman–Crippen LogP) is 1.40. The molecule has 0 aromatic carbocycles. The molecule has 36 valence electrons. The van der Waals surface area contributed by atoms with Crippen molar-refractivity contribution in [2.24, 2.45) is 0 Å². The van der Waals surface area contributed by atoms with Crippen LogP contribution in [-0.4, -0.2) is 35.4 Å². The van der Waals surface area contributed by atoms with Crippen LogP contribution in [0.5, 0.6) is 0 Å². The fourth-order valence-corrected chi connectivity index (χ4v) is 1.51. The SMILES string of the molecule is [Li][C]1([Li])CCCCC1. The summed E-state index contributed by atoms with van der Waals surface area (Å²) in [5, 5.41) is 0. The summed E-state index contributed by atoms with van der Waals surface area (Å²) in [5.41, 5.74) is 0. The van der Waals surface area contributed by atoms with Crippen LogP contribution in [0, 0.1) is 0 Å². The van der Waals surface area contributed by atoms with Crippen molar-refractivity contribution in [2.45, 2.75) is 34.9 Å². The van der Waals surface area contributed by atoms with Crippen LogP contribution >= 0.6 is 0 Å². The summed E-state index contributed by atoms with van der Waals surface area (Å²) in [4.78, 5) is 0. The van der Waals surface area contributed by atoms with Crippen molar-refractivity contribution in [1.82, 2.24) is 0 Å². The van der Waals surface area contributed by atoms with Gasteiger partial charge in [-0.05, 0) is 0 Å². The maximum absolute atomic E-state index is 2.38. The van der Waals surface area contributed by atoms with E-state index in [1.54, 1.807) is 0 Å². The molecule has 0 bridgehead atoms. The molecule has 8 heavy (non-hydrogen) atoms. The Morgan fingerprint density at radius 1 is 0.875 bits per heavy atom. The molecule has 1 saturated carbocycles. The molecule has 1 aliphatic carbocycles. The van der Waals surface area contributed by atoms with Crippen LogP contribution < -0.4 is 0 Å². The molecule has 1 aliphatic rings. The molecule has 0 radical (unpaired) electrons. The molecule has 0 aromatic heterocycles. The van der Waals surface area contributed by atoms with Gasteiger partial charge in [0.05, 0.1) is 0 Å². The van der Waals surface area contributed by atoms with Gasteiger partial charge in [-0.1, -0.05) is 0 Å². The van der Waals surface area contributed by atoms with E-state index in [4.69, 9.17) is 0 Å². The maximum atomic E-state index is 2.38. The summed E-state index contributed by atoms with van der Waals surface area (Å²) in [7, 11) is 0. The predicted molar refractivity (Wildman–Crippen MR) is 37.3 cm³/mol. The molecule has 0 heterocycles. The zero-order valence-electron chi connectivity index (χ0n) is 6.04. The van der Waals surface area contributed by atoms with Gasteiger partial charge < -0.3 is 0 Å². The Kier molecular flexibility index (Phi) is 2.60. The molecule has 0 amide bonds. The van der Waals surface area contributed by atoms with Crippen LogP contribution in [0.3, 0.4) is 0 Å². The first-order valence-corrected chi connectivity index (χ1v) is 3.71. The van der Waals surface area contributed by atoms with Crippen LogP contribution in [-0.2, 0) is 0 Å². The third kappa shape index (κ3) is 2.20. The van der Waals surface area contributed by atoms with Gasteiger partial charge in [0.2, 0.25) is 0 Å². The summed E-state index contributed by atoms with van der Waals surface area (Å²) in [5.74, 6) is 0. The summed E-state index contributed by atoms with van der Waals surface area (Å²) in [6.45, 7) is 0. The fraction of sp³-hybridized carbons (Fsp3) is 1.00. The quantitative estimate of drug-likeness (QED) is 0.400. The van der Waals surface area contributed by atoms with Crippen LogP contribution in [0.15, 0.2) is 0 Å². The Labute approximate surface area is 70.2 Å². The Bertz CT molecular complexity index is 70.6. The molecule has 0 nitrogen and oxygen atoms in total. The molecule has 0 spiro atoms. The second-order valence-corrected chi connectivity index (χ2v) is 3.72. The second-order valence-electron chi connectivity index (χ2n) is 3.72. The molecular formula is C6H10Li2. The zero-order valence-corrected chi connectivity index (χ0v) is 6.04. The van der Waals surface area contributed by atoms with Gasteiger partial charge in [-0.15, -0.1) is 0 Å². The molecule has 0 N–H and O–H groups in total. The summed E-state index contributed by atoms with van der Waals surface area (Å²) < 4.78 is 0.679. The number of rotatable bonds is 0. The summed E-state index contributed by atoms with van der Waals surface area (Å²) >= 11 is 4.76. The first-order chi connectivity index (χ1) is 3.71. The monoisotopic (exact) mass is 96.1 g/mol. The fourth-order valence-electron chi connectivity index (χ4n) is 1.51. The van der Waals surface area contributed by atoms with Crippen molar-refractivity contribution >= 4 is 35.4 Å². The average molecular weight is 96.0 g/mol. The second kappa shape index (κ2) is 2.85. The van der Waals surface area contributed by atoms with Gasteiger partial charge >= 0.3 is 70.3 Å². The zero-order chi connectivity index (χ0) is 6.04. The van der Waals surface area contributed by atoms with Crippen molar-refractivity contribution in [3.05, 3.63) is 0 Å². The number of hydrogen-bond donors (Lipinski definition) is 0. The van der Waals surface area contributed by atoms with Crippen LogP contribution in [0.1, 0.15) is 32.1 Å². The molecule has 2 heteroatoms. The van der Waals surface area contributed by atoms with Gasteiger partial charge in [-0.25, -0.2) is 0 Å². The molecule has 0 unspecified atom stereocenters. The molecule has 1 rings (SSSR count). The summed E-state index contributed by atoms with van der Waals surface area (Å²) in [6, 6.07) is 0. The van der Waals surface area contributed by atoms with Crippen molar-refractivity contribution in [3.63, 3.8) is 0 Å². The normalized spacial score (nSPS) is 28.0. The van der Waals surface area contributed by atoms with Crippen molar-refractivity contribution in [2.75, 3.05) is 0 Å². The van der Waals surface area contributed by atoms with E-state index in [-0.39, 0.29) is 0 Å². The van der Waals surface area contributed by atoms with Gasteiger partial charge in [0.1, 0.15) is 0 Å². The van der Waals surface area contributed by atoms with Crippen LogP contribution in [0.2, 0.25) is 2.76 Å². The Morgan fingerprint density at radius 3 is 1.62 bits per heavy atom. The Balaban J connectivity index is 2.33. The molecule has 0 aromatic rings. The number of hydrogen-bond acceptors (Lipinski definition) is 0. The van der Waals surface area contributed by atoms with Gasteiger partial charge in [0.25, 0.3) is 0 Å². The minimum absolute atomic E-state index is 0.679. The van der Waals surface area contributed by atoms with Crippen molar-refractivity contribution < 1.29 is 0 Å². The van der Waals surface area contributed by atoms with Gasteiger partial charge in [-0.2, -0.15) is 0 Å². The Hall–Kier alpha value is 1.19. The standard InChI is InChI=1S/C6H10.2Li/c1-2-4-6-5-3-1;;/h1-5H2;;. The van der Waals surface area contributed by atoms with E-state index in [1.165, 1.54) is 32.1 Å². The first kappa shape index (κ1) is 7.30. The van der Waals surface area contributed by atoms with E-state index in [1.807, 2.05) is 0 Å². The first-order valence-electron chi connectivity index (χ1n) is 3.71. The van der Waals surface area contributed by atoms with E-state index in [9.17, 15) is 0 Å². The van der Waals surface area contributed by atoms with E-state index in [0.29, 0.717) is 2.76 Å².